The van der Waals surface area contributed by atoms with Gasteiger partial charge in [0.2, 0.25) is 11.8 Å². The van der Waals surface area contributed by atoms with Crippen LogP contribution in [0.25, 0.3) is 0 Å². The molecule has 0 saturated heterocycles. The molecule has 0 N–H and O–H groups in total. The van der Waals surface area contributed by atoms with Gasteiger partial charge in [0, 0.05) is 33.7 Å². The number of benzene rings is 1. The Morgan fingerprint density at radius 3 is 2.36 bits per heavy atom. The van der Waals surface area contributed by atoms with Crippen molar-refractivity contribution in [3.05, 3.63) is 35.9 Å². The Morgan fingerprint density at radius 1 is 1.09 bits per heavy atom. The summed E-state index contributed by atoms with van der Waals surface area (Å²) in [5.74, 6) is -0.0588. The molecule has 22 heavy (non-hydrogen) atoms. The van der Waals surface area contributed by atoms with Gasteiger partial charge in [-0.05, 0) is 18.9 Å². The normalized spacial score (nSPS) is 10.3. The number of carbonyl (C=O) groups excluding carboxylic acids is 2. The van der Waals surface area contributed by atoms with Crippen molar-refractivity contribution in [3.8, 4) is 0 Å². The predicted molar refractivity (Wildman–Crippen MR) is 86.3 cm³/mol. The standard InChI is InChI=1S/C17H26N2O3/c1-4-19(13-17(21)18(2)3)16(20)11-8-12-22-14-15-9-6-5-7-10-15/h5-7,9-10H,4,8,11-14H2,1-3H3. The predicted octanol–water partition coefficient (Wildman–Crippen LogP) is 1.92. The summed E-state index contributed by atoms with van der Waals surface area (Å²) in [5.41, 5.74) is 1.13. The summed E-state index contributed by atoms with van der Waals surface area (Å²) < 4.78 is 5.56. The second-order valence-corrected chi connectivity index (χ2v) is 5.34. The molecule has 0 bridgehead atoms. The molecule has 0 aliphatic rings. The van der Waals surface area contributed by atoms with Gasteiger partial charge in [0.15, 0.2) is 0 Å². The minimum absolute atomic E-state index is 0.000936. The molecule has 0 spiro atoms. The highest BCUT2D eigenvalue weighted by molar-refractivity contribution is 5.84. The Bertz CT molecular complexity index is 460. The number of ether oxygens (including phenoxy) is 1. The van der Waals surface area contributed by atoms with Gasteiger partial charge in [0.25, 0.3) is 0 Å². The lowest BCUT2D eigenvalue weighted by Crippen LogP contribution is -2.40. The number of hydrogen-bond donors (Lipinski definition) is 0. The van der Waals surface area contributed by atoms with Crippen LogP contribution in [0.4, 0.5) is 0 Å². The van der Waals surface area contributed by atoms with E-state index in [9.17, 15) is 9.59 Å². The molecule has 1 aromatic carbocycles. The topological polar surface area (TPSA) is 49.9 Å². The van der Waals surface area contributed by atoms with E-state index < -0.39 is 0 Å². The Labute approximate surface area is 132 Å². The lowest BCUT2D eigenvalue weighted by Gasteiger charge is -2.22. The maximum Gasteiger partial charge on any atom is 0.241 e. The molecule has 122 valence electrons. The Kier molecular flexibility index (Phi) is 8.22. The fraction of sp³-hybridized carbons (Fsp3) is 0.529. The van der Waals surface area contributed by atoms with Crippen molar-refractivity contribution >= 4 is 11.8 Å². The van der Waals surface area contributed by atoms with Gasteiger partial charge in [-0.1, -0.05) is 30.3 Å². The van der Waals surface area contributed by atoms with Crippen LogP contribution in [0, 0.1) is 0 Å². The van der Waals surface area contributed by atoms with Gasteiger partial charge in [0.1, 0.15) is 0 Å². The molecule has 0 unspecified atom stereocenters. The van der Waals surface area contributed by atoms with Crippen LogP contribution >= 0.6 is 0 Å². The minimum Gasteiger partial charge on any atom is -0.377 e. The van der Waals surface area contributed by atoms with E-state index in [0.717, 1.165) is 5.56 Å². The van der Waals surface area contributed by atoms with Crippen LogP contribution in [0.1, 0.15) is 25.3 Å². The maximum absolute atomic E-state index is 12.1. The highest BCUT2D eigenvalue weighted by atomic mass is 16.5. The van der Waals surface area contributed by atoms with Crippen LogP contribution in [0.15, 0.2) is 30.3 Å². The molecule has 0 heterocycles. The summed E-state index contributed by atoms with van der Waals surface area (Å²) in [6.07, 6.45) is 1.07. The van der Waals surface area contributed by atoms with E-state index in [1.165, 1.54) is 4.90 Å². The first kappa shape index (κ1) is 18.2. The van der Waals surface area contributed by atoms with E-state index in [1.807, 2.05) is 37.3 Å². The maximum atomic E-state index is 12.1. The van der Waals surface area contributed by atoms with Crippen molar-refractivity contribution in [2.45, 2.75) is 26.4 Å². The van der Waals surface area contributed by atoms with Gasteiger partial charge in [-0.25, -0.2) is 0 Å². The number of amides is 2. The monoisotopic (exact) mass is 306 g/mol. The van der Waals surface area contributed by atoms with Crippen molar-refractivity contribution < 1.29 is 14.3 Å². The molecule has 0 fully saturated rings. The fourth-order valence-corrected chi connectivity index (χ4v) is 1.93. The zero-order valence-corrected chi connectivity index (χ0v) is 13.7. The van der Waals surface area contributed by atoms with Gasteiger partial charge < -0.3 is 14.5 Å². The summed E-state index contributed by atoms with van der Waals surface area (Å²) in [6.45, 7) is 3.68. The van der Waals surface area contributed by atoms with Gasteiger partial charge in [-0.2, -0.15) is 0 Å². The molecule has 0 radical (unpaired) electrons. The fourth-order valence-electron chi connectivity index (χ4n) is 1.93. The quantitative estimate of drug-likeness (QED) is 0.655. The third-order valence-electron chi connectivity index (χ3n) is 3.35. The lowest BCUT2D eigenvalue weighted by atomic mass is 10.2. The van der Waals surface area contributed by atoms with Crippen LogP contribution in [-0.4, -0.2) is 55.4 Å². The van der Waals surface area contributed by atoms with Crippen LogP contribution in [0.2, 0.25) is 0 Å². The van der Waals surface area contributed by atoms with Crippen molar-refractivity contribution in [2.75, 3.05) is 33.8 Å². The first-order valence-corrected chi connectivity index (χ1v) is 7.64. The summed E-state index contributed by atoms with van der Waals surface area (Å²) >= 11 is 0. The van der Waals surface area contributed by atoms with Crippen LogP contribution in [-0.2, 0) is 20.9 Å². The highest BCUT2D eigenvalue weighted by Crippen LogP contribution is 2.03. The largest absolute Gasteiger partial charge is 0.377 e. The third kappa shape index (κ3) is 6.72. The molecule has 5 heteroatoms. The molecule has 0 saturated carbocycles. The van der Waals surface area contributed by atoms with E-state index in [-0.39, 0.29) is 18.4 Å². The molecule has 1 rings (SSSR count). The van der Waals surface area contributed by atoms with E-state index in [4.69, 9.17) is 4.74 Å². The molecule has 2 amide bonds. The minimum atomic E-state index is -0.0597. The molecule has 0 aliphatic carbocycles. The first-order valence-electron chi connectivity index (χ1n) is 7.64. The average molecular weight is 306 g/mol. The first-order chi connectivity index (χ1) is 10.5. The van der Waals surface area contributed by atoms with Crippen molar-refractivity contribution in [1.82, 2.24) is 9.80 Å². The van der Waals surface area contributed by atoms with Gasteiger partial charge in [-0.15, -0.1) is 0 Å². The van der Waals surface area contributed by atoms with E-state index in [1.54, 1.807) is 19.0 Å². The summed E-state index contributed by atoms with van der Waals surface area (Å²) in [5, 5.41) is 0. The Balaban J connectivity index is 2.22. The molecular formula is C17H26N2O3. The number of carbonyl (C=O) groups is 2. The summed E-state index contributed by atoms with van der Waals surface area (Å²) in [4.78, 5) is 26.8. The van der Waals surface area contributed by atoms with Crippen LogP contribution in [0.3, 0.4) is 0 Å². The number of rotatable bonds is 9. The average Bonchev–Trinajstić information content (AvgIpc) is 2.52. The Morgan fingerprint density at radius 2 is 1.77 bits per heavy atom. The van der Waals surface area contributed by atoms with Crippen molar-refractivity contribution in [1.29, 1.82) is 0 Å². The summed E-state index contributed by atoms with van der Waals surface area (Å²) in [6, 6.07) is 9.94. The van der Waals surface area contributed by atoms with E-state index in [2.05, 4.69) is 0 Å². The van der Waals surface area contributed by atoms with E-state index >= 15 is 0 Å². The number of nitrogens with zero attached hydrogens (tertiary/aromatic N) is 2. The number of hydrogen-bond acceptors (Lipinski definition) is 3. The molecule has 0 aromatic heterocycles. The molecule has 0 aliphatic heterocycles. The van der Waals surface area contributed by atoms with Gasteiger partial charge >= 0.3 is 0 Å². The molecule has 0 atom stereocenters. The van der Waals surface area contributed by atoms with E-state index in [0.29, 0.717) is 32.6 Å². The zero-order valence-electron chi connectivity index (χ0n) is 13.7. The van der Waals surface area contributed by atoms with Gasteiger partial charge in [-0.3, -0.25) is 9.59 Å². The second-order valence-electron chi connectivity index (χ2n) is 5.34. The SMILES string of the molecule is CCN(CC(=O)N(C)C)C(=O)CCCOCc1ccccc1. The lowest BCUT2D eigenvalue weighted by molar-refractivity contribution is -0.139. The van der Waals surface area contributed by atoms with Crippen LogP contribution < -0.4 is 0 Å². The highest BCUT2D eigenvalue weighted by Gasteiger charge is 2.16. The van der Waals surface area contributed by atoms with Gasteiger partial charge in [0.05, 0.1) is 13.2 Å². The molecule has 5 nitrogen and oxygen atoms in total. The van der Waals surface area contributed by atoms with Crippen molar-refractivity contribution in [2.24, 2.45) is 0 Å². The summed E-state index contributed by atoms with van der Waals surface area (Å²) in [7, 11) is 3.39. The molecular weight excluding hydrogens is 280 g/mol. The van der Waals surface area contributed by atoms with Crippen LogP contribution in [0.5, 0.6) is 0 Å². The number of likely N-dealkylation sites (N-methyl/N-ethyl adjacent to an activating group) is 2. The molecule has 1 aromatic rings. The Hall–Kier alpha value is -1.88. The van der Waals surface area contributed by atoms with Crippen molar-refractivity contribution in [3.63, 3.8) is 0 Å². The third-order valence-corrected chi connectivity index (χ3v) is 3.35. The zero-order chi connectivity index (χ0) is 16.4. The smallest absolute Gasteiger partial charge is 0.241 e. The second kappa shape index (κ2) is 9.95.